The Morgan fingerprint density at radius 2 is 1.46 bits per heavy atom. The molecule has 2 unspecified atom stereocenters. The van der Waals surface area contributed by atoms with E-state index in [1.807, 2.05) is 71.6 Å². The lowest BCUT2D eigenvalue weighted by atomic mass is 9.96. The average molecular weight is 1010 g/mol. The highest BCUT2D eigenvalue weighted by Gasteiger charge is 2.40. The van der Waals surface area contributed by atoms with Gasteiger partial charge in [0.05, 0.1) is 11.0 Å². The molecular formula is C53H66ClN9O9. The maximum Gasteiger partial charge on any atom is 0.344 e. The lowest BCUT2D eigenvalue weighted by molar-refractivity contribution is -0.386. The molecule has 3 saturated heterocycles. The van der Waals surface area contributed by atoms with Crippen LogP contribution in [0, 0.1) is 17.0 Å². The smallest absolute Gasteiger partial charge is 0.344 e. The van der Waals surface area contributed by atoms with Crippen molar-refractivity contribution < 1.29 is 38.2 Å². The second-order valence-electron chi connectivity index (χ2n) is 19.2. The predicted molar refractivity (Wildman–Crippen MR) is 271 cm³/mol. The zero-order valence-corrected chi connectivity index (χ0v) is 41.9. The third-order valence-electron chi connectivity index (χ3n) is 14.5. The van der Waals surface area contributed by atoms with Crippen LogP contribution in [0.1, 0.15) is 126 Å². The zero-order valence-electron chi connectivity index (χ0n) is 41.2. The van der Waals surface area contributed by atoms with Gasteiger partial charge in [0.15, 0.2) is 6.61 Å². The summed E-state index contributed by atoms with van der Waals surface area (Å²) >= 11 is 6.25. The lowest BCUT2D eigenvalue weighted by Gasteiger charge is -2.39. The van der Waals surface area contributed by atoms with Crippen molar-refractivity contribution >= 4 is 52.5 Å². The number of piperazine rings is 2. The molecule has 72 heavy (non-hydrogen) atoms. The molecule has 0 saturated carbocycles. The summed E-state index contributed by atoms with van der Waals surface area (Å²) in [4.78, 5) is 84.3. The quantitative estimate of drug-likeness (QED) is 0.0323. The molecule has 3 fully saturated rings. The number of halogens is 1. The molecule has 5 heterocycles. The molecule has 4 aliphatic heterocycles. The number of amides is 5. The number of hydrogen-bond donors (Lipinski definition) is 2. The van der Waals surface area contributed by atoms with Crippen molar-refractivity contribution in [2.45, 2.75) is 103 Å². The Labute approximate surface area is 425 Å². The van der Waals surface area contributed by atoms with Crippen LogP contribution in [0.25, 0.3) is 0 Å². The largest absolute Gasteiger partial charge is 0.484 e. The Kier molecular flexibility index (Phi) is 17.9. The Morgan fingerprint density at radius 1 is 0.833 bits per heavy atom. The van der Waals surface area contributed by atoms with E-state index in [0.717, 1.165) is 61.4 Å². The predicted octanol–water partition coefficient (Wildman–Crippen LogP) is 7.39. The van der Waals surface area contributed by atoms with E-state index in [4.69, 9.17) is 20.9 Å². The number of aromatic nitrogens is 1. The third-order valence-corrected chi connectivity index (χ3v) is 14.7. The first-order chi connectivity index (χ1) is 34.9. The number of carbonyl (C=O) groups excluding carboxylic acids is 5. The summed E-state index contributed by atoms with van der Waals surface area (Å²) in [5.41, 5.74) is 3.84. The fraction of sp³-hybridized carbons (Fsp3) is 0.509. The topological polar surface area (TPSA) is 204 Å². The first kappa shape index (κ1) is 52.0. The molecule has 1 aromatic heterocycles. The number of nitrogens with zero attached hydrogens (tertiary/aromatic N) is 7. The van der Waals surface area contributed by atoms with Gasteiger partial charge in [0.2, 0.25) is 23.3 Å². The van der Waals surface area contributed by atoms with E-state index >= 15 is 0 Å². The van der Waals surface area contributed by atoms with Crippen LogP contribution in [0.3, 0.4) is 0 Å². The van der Waals surface area contributed by atoms with Crippen molar-refractivity contribution in [3.63, 3.8) is 0 Å². The minimum Gasteiger partial charge on any atom is -0.484 e. The van der Waals surface area contributed by atoms with Crippen LogP contribution in [-0.4, -0.2) is 142 Å². The van der Waals surface area contributed by atoms with Crippen molar-refractivity contribution in [2.24, 2.45) is 0 Å². The number of piperidine rings is 1. The van der Waals surface area contributed by atoms with Crippen LogP contribution >= 0.6 is 11.6 Å². The van der Waals surface area contributed by atoms with Crippen LogP contribution in [0.4, 0.5) is 11.4 Å². The summed E-state index contributed by atoms with van der Waals surface area (Å²) in [5.74, 6) is -0.786. The highest BCUT2D eigenvalue weighted by Crippen LogP contribution is 2.34. The van der Waals surface area contributed by atoms with Gasteiger partial charge >= 0.3 is 5.69 Å². The number of nitro groups is 1. The number of anilines is 1. The van der Waals surface area contributed by atoms with Gasteiger partial charge in [0, 0.05) is 101 Å². The molecular weight excluding hydrogens is 942 g/mol. The number of ether oxygens (including phenoxy) is 1. The van der Waals surface area contributed by atoms with Gasteiger partial charge < -0.3 is 29.3 Å². The molecule has 0 spiro atoms. The summed E-state index contributed by atoms with van der Waals surface area (Å²) in [5, 5.41) is 21.8. The molecule has 0 bridgehead atoms. The van der Waals surface area contributed by atoms with Gasteiger partial charge in [-0.3, -0.25) is 49.2 Å². The molecule has 0 radical (unpaired) electrons. The van der Waals surface area contributed by atoms with Crippen molar-refractivity contribution in [1.29, 1.82) is 0 Å². The van der Waals surface area contributed by atoms with Gasteiger partial charge in [-0.2, -0.15) is 0 Å². The van der Waals surface area contributed by atoms with Gasteiger partial charge in [-0.1, -0.05) is 98.5 Å². The van der Waals surface area contributed by atoms with Crippen LogP contribution in [0.5, 0.6) is 5.75 Å². The summed E-state index contributed by atoms with van der Waals surface area (Å²) in [7, 11) is 0. The summed E-state index contributed by atoms with van der Waals surface area (Å²) < 4.78 is 11.0. The first-order valence-corrected chi connectivity index (χ1v) is 26.0. The minimum absolute atomic E-state index is 0.00718. The van der Waals surface area contributed by atoms with E-state index in [1.165, 1.54) is 58.3 Å². The Hall–Kier alpha value is -6.37. The first-order valence-electron chi connectivity index (χ1n) is 25.6. The highest BCUT2D eigenvalue weighted by molar-refractivity contribution is 6.30. The fourth-order valence-electron chi connectivity index (χ4n) is 10.4. The molecule has 384 valence electrons. The van der Waals surface area contributed by atoms with Crippen LogP contribution in [-0.2, 0) is 20.9 Å². The van der Waals surface area contributed by atoms with E-state index in [0.29, 0.717) is 68.6 Å². The van der Waals surface area contributed by atoms with Gasteiger partial charge in [-0.05, 0) is 73.3 Å². The minimum atomic E-state index is -0.636. The summed E-state index contributed by atoms with van der Waals surface area (Å²) in [6.45, 7) is 8.46. The molecule has 8 rings (SSSR count). The molecule has 2 atom stereocenters. The molecule has 18 nitrogen and oxygen atoms in total. The number of carbonyl (C=O) groups is 5. The van der Waals surface area contributed by atoms with Crippen molar-refractivity contribution in [3.05, 3.63) is 116 Å². The van der Waals surface area contributed by atoms with E-state index in [2.05, 4.69) is 25.6 Å². The molecule has 4 aromatic rings. The maximum atomic E-state index is 13.2. The van der Waals surface area contributed by atoms with Gasteiger partial charge in [-0.15, -0.1) is 0 Å². The van der Waals surface area contributed by atoms with Crippen molar-refractivity contribution in [1.82, 2.24) is 35.0 Å². The standard InChI is InChI=1S/C53H66ClN9O9/c1-37-49(63(69)70)48(57-72-37)53(68)61-33-31-60(32-34-61)50(38-15-19-40(54)20-16-38)39-17-21-41(22-18-39)71-36-47(65)59-29-27-58(28-30-59)26-11-9-7-5-3-2-4-6-8-10-25-55-44-14-12-13-42-43(44)35-62(52(42)67)45-23-24-46(64)56-51(45)66/h12-22,45,50,55H,2-11,23-36H2,1H3,(H,56,64,66). The lowest BCUT2D eigenvalue weighted by Crippen LogP contribution is -2.52. The number of unbranched alkanes of at least 4 members (excludes halogenated alkanes) is 9. The molecule has 2 N–H and O–H groups in total. The van der Waals surface area contributed by atoms with Crippen molar-refractivity contribution in [2.75, 3.05) is 77.4 Å². The second kappa shape index (κ2) is 24.8. The Balaban J connectivity index is 0.665. The van der Waals surface area contributed by atoms with Gasteiger partial charge in [0.1, 0.15) is 11.8 Å². The normalized spacial score (nSPS) is 18.0. The number of imide groups is 1. The van der Waals surface area contributed by atoms with Crippen LogP contribution in [0.2, 0.25) is 5.02 Å². The average Bonchev–Trinajstić information content (AvgIpc) is 3.95. The van der Waals surface area contributed by atoms with Crippen molar-refractivity contribution in [3.8, 4) is 5.75 Å². The number of aryl methyl sites for hydroxylation is 1. The zero-order chi connectivity index (χ0) is 50.6. The van der Waals surface area contributed by atoms with Crippen LogP contribution in [0.15, 0.2) is 71.3 Å². The monoisotopic (exact) mass is 1010 g/mol. The van der Waals surface area contributed by atoms with E-state index in [9.17, 15) is 34.1 Å². The Bertz CT molecular complexity index is 2540. The Morgan fingerprint density at radius 3 is 2.11 bits per heavy atom. The molecule has 19 heteroatoms. The second-order valence-corrected chi connectivity index (χ2v) is 19.7. The van der Waals surface area contributed by atoms with E-state index in [1.54, 1.807) is 9.80 Å². The van der Waals surface area contributed by atoms with E-state index in [-0.39, 0.29) is 48.2 Å². The third kappa shape index (κ3) is 13.0. The highest BCUT2D eigenvalue weighted by atomic mass is 35.5. The molecule has 5 amide bonds. The number of benzene rings is 3. The van der Waals surface area contributed by atoms with Gasteiger partial charge in [0.25, 0.3) is 17.7 Å². The number of hydrogen-bond acceptors (Lipinski definition) is 13. The molecule has 0 aliphatic carbocycles. The summed E-state index contributed by atoms with van der Waals surface area (Å²) in [6, 6.07) is 20.3. The van der Waals surface area contributed by atoms with Crippen LogP contribution < -0.4 is 15.4 Å². The van der Waals surface area contributed by atoms with Gasteiger partial charge in [-0.25, -0.2) is 0 Å². The fourth-order valence-corrected chi connectivity index (χ4v) is 10.5. The number of nitrogens with one attached hydrogen (secondary N) is 2. The molecule has 4 aliphatic rings. The molecule has 3 aromatic carbocycles. The SMILES string of the molecule is Cc1onc(C(=O)N2CCN(C(c3ccc(Cl)cc3)c3ccc(OCC(=O)N4CCN(CCCCCCCCCCCCNc5cccc6c5CN(C5CCC(=O)NC5=O)C6=O)CC4)cc3)CC2)c1[N+](=O)[O-]. The number of rotatable bonds is 23. The summed E-state index contributed by atoms with van der Waals surface area (Å²) in [6.07, 6.45) is 12.6. The maximum absolute atomic E-state index is 13.2. The number of fused-ring (bicyclic) bond motifs is 1. The van der Waals surface area contributed by atoms with E-state index < -0.39 is 28.5 Å².